The second-order valence-electron chi connectivity index (χ2n) is 5.28. The van der Waals surface area contributed by atoms with Gasteiger partial charge in [0.15, 0.2) is 0 Å². The fourth-order valence-corrected chi connectivity index (χ4v) is 2.35. The van der Waals surface area contributed by atoms with E-state index in [1.54, 1.807) is 16.9 Å². The maximum atomic E-state index is 12.2. The molecule has 0 fully saturated rings. The third-order valence-corrected chi connectivity index (χ3v) is 3.61. The highest BCUT2D eigenvalue weighted by molar-refractivity contribution is 6.03. The van der Waals surface area contributed by atoms with Gasteiger partial charge in [-0.2, -0.15) is 5.10 Å². The Morgan fingerprint density at radius 1 is 1.08 bits per heavy atom. The first-order valence-electron chi connectivity index (χ1n) is 7.86. The molecule has 1 amide bonds. The summed E-state index contributed by atoms with van der Waals surface area (Å²) in [6, 6.07) is 19.0. The molecule has 5 heteroatoms. The molecule has 2 aromatic carbocycles. The Morgan fingerprint density at radius 2 is 1.83 bits per heavy atom. The molecule has 1 heterocycles. The SMILES string of the molecule is CCn1nccc1C(=O)Nc1ccc(OCc2ccccc2)cc1. The van der Waals surface area contributed by atoms with Gasteiger partial charge in [-0.15, -0.1) is 0 Å². The summed E-state index contributed by atoms with van der Waals surface area (Å²) < 4.78 is 7.39. The zero-order valence-corrected chi connectivity index (χ0v) is 13.5. The lowest BCUT2D eigenvalue weighted by atomic mass is 10.2. The van der Waals surface area contributed by atoms with Crippen LogP contribution >= 0.6 is 0 Å². The Morgan fingerprint density at radius 3 is 2.54 bits per heavy atom. The zero-order chi connectivity index (χ0) is 16.8. The fraction of sp³-hybridized carbons (Fsp3) is 0.158. The van der Waals surface area contributed by atoms with Crippen LogP contribution in [0.25, 0.3) is 0 Å². The summed E-state index contributed by atoms with van der Waals surface area (Å²) in [4.78, 5) is 12.2. The summed E-state index contributed by atoms with van der Waals surface area (Å²) in [7, 11) is 0. The third kappa shape index (κ3) is 3.81. The first kappa shape index (κ1) is 15.8. The van der Waals surface area contributed by atoms with Gasteiger partial charge in [-0.05, 0) is 42.8 Å². The average molecular weight is 321 g/mol. The Balaban J connectivity index is 1.59. The molecule has 0 radical (unpaired) electrons. The highest BCUT2D eigenvalue weighted by Gasteiger charge is 2.11. The third-order valence-electron chi connectivity index (χ3n) is 3.61. The molecule has 122 valence electrons. The summed E-state index contributed by atoms with van der Waals surface area (Å²) in [6.07, 6.45) is 1.62. The van der Waals surface area contributed by atoms with Crippen molar-refractivity contribution < 1.29 is 9.53 Å². The molecule has 0 unspecified atom stereocenters. The molecule has 0 aliphatic heterocycles. The van der Waals surface area contributed by atoms with Gasteiger partial charge in [-0.25, -0.2) is 0 Å². The smallest absolute Gasteiger partial charge is 0.273 e. The molecule has 24 heavy (non-hydrogen) atoms. The van der Waals surface area contributed by atoms with Crippen LogP contribution in [0.15, 0.2) is 66.9 Å². The van der Waals surface area contributed by atoms with Crippen LogP contribution in [-0.2, 0) is 13.2 Å². The van der Waals surface area contributed by atoms with E-state index in [4.69, 9.17) is 4.74 Å². The van der Waals surface area contributed by atoms with Gasteiger partial charge in [0.05, 0.1) is 0 Å². The Labute approximate surface area is 140 Å². The van der Waals surface area contributed by atoms with Crippen molar-refractivity contribution in [3.8, 4) is 5.75 Å². The summed E-state index contributed by atoms with van der Waals surface area (Å²) in [5, 5.41) is 6.97. The number of rotatable bonds is 6. The molecular weight excluding hydrogens is 302 g/mol. The zero-order valence-electron chi connectivity index (χ0n) is 13.5. The number of nitrogens with one attached hydrogen (secondary N) is 1. The van der Waals surface area contributed by atoms with E-state index in [9.17, 15) is 4.79 Å². The Bertz CT molecular complexity index is 795. The van der Waals surface area contributed by atoms with Crippen molar-refractivity contribution in [2.24, 2.45) is 0 Å². The minimum absolute atomic E-state index is 0.174. The Hall–Kier alpha value is -3.08. The van der Waals surface area contributed by atoms with Crippen molar-refractivity contribution in [2.45, 2.75) is 20.1 Å². The average Bonchev–Trinajstić information content (AvgIpc) is 3.11. The number of carbonyl (C=O) groups excluding carboxylic acids is 1. The molecule has 0 atom stereocenters. The Kier molecular flexibility index (Phi) is 4.91. The molecular formula is C19H19N3O2. The van der Waals surface area contributed by atoms with Crippen LogP contribution in [0.5, 0.6) is 5.75 Å². The number of hydrogen-bond acceptors (Lipinski definition) is 3. The first-order chi connectivity index (χ1) is 11.8. The molecule has 1 aromatic heterocycles. The highest BCUT2D eigenvalue weighted by atomic mass is 16.5. The van der Waals surface area contributed by atoms with Crippen molar-refractivity contribution in [3.63, 3.8) is 0 Å². The van der Waals surface area contributed by atoms with Crippen LogP contribution in [0.1, 0.15) is 23.0 Å². The number of amides is 1. The fourth-order valence-electron chi connectivity index (χ4n) is 2.35. The number of anilines is 1. The van der Waals surface area contributed by atoms with E-state index in [2.05, 4.69) is 10.4 Å². The van der Waals surface area contributed by atoms with Crippen LogP contribution in [0.3, 0.4) is 0 Å². The van der Waals surface area contributed by atoms with Crippen molar-refractivity contribution >= 4 is 11.6 Å². The molecule has 0 bridgehead atoms. The van der Waals surface area contributed by atoms with E-state index in [0.717, 1.165) is 17.0 Å². The number of hydrogen-bond donors (Lipinski definition) is 1. The summed E-state index contributed by atoms with van der Waals surface area (Å²) >= 11 is 0. The van der Waals surface area contributed by atoms with Gasteiger partial charge >= 0.3 is 0 Å². The second-order valence-corrected chi connectivity index (χ2v) is 5.28. The number of aromatic nitrogens is 2. The molecule has 1 N–H and O–H groups in total. The minimum atomic E-state index is -0.174. The van der Waals surface area contributed by atoms with E-state index in [-0.39, 0.29) is 5.91 Å². The monoisotopic (exact) mass is 321 g/mol. The van der Waals surface area contributed by atoms with Crippen LogP contribution in [0.4, 0.5) is 5.69 Å². The lowest BCUT2D eigenvalue weighted by Gasteiger charge is -2.09. The van der Waals surface area contributed by atoms with Crippen LogP contribution in [-0.4, -0.2) is 15.7 Å². The lowest BCUT2D eigenvalue weighted by Crippen LogP contribution is -2.17. The molecule has 3 aromatic rings. The highest BCUT2D eigenvalue weighted by Crippen LogP contribution is 2.17. The van der Waals surface area contributed by atoms with Crippen molar-refractivity contribution in [2.75, 3.05) is 5.32 Å². The van der Waals surface area contributed by atoms with Gasteiger partial charge in [-0.1, -0.05) is 30.3 Å². The summed E-state index contributed by atoms with van der Waals surface area (Å²) in [5.74, 6) is 0.586. The minimum Gasteiger partial charge on any atom is -0.489 e. The summed E-state index contributed by atoms with van der Waals surface area (Å²) in [6.45, 7) is 3.12. The van der Waals surface area contributed by atoms with Gasteiger partial charge < -0.3 is 10.1 Å². The van der Waals surface area contributed by atoms with Crippen molar-refractivity contribution in [1.29, 1.82) is 0 Å². The molecule has 5 nitrogen and oxygen atoms in total. The van der Waals surface area contributed by atoms with Crippen LogP contribution < -0.4 is 10.1 Å². The predicted octanol–water partition coefficient (Wildman–Crippen LogP) is 3.73. The molecule has 0 spiro atoms. The van der Waals surface area contributed by atoms with Gasteiger partial charge in [0.25, 0.3) is 5.91 Å². The largest absolute Gasteiger partial charge is 0.489 e. The van der Waals surface area contributed by atoms with Gasteiger partial charge in [0.1, 0.15) is 18.1 Å². The van der Waals surface area contributed by atoms with Crippen molar-refractivity contribution in [1.82, 2.24) is 9.78 Å². The maximum Gasteiger partial charge on any atom is 0.273 e. The number of ether oxygens (including phenoxy) is 1. The van der Waals surface area contributed by atoms with Crippen molar-refractivity contribution in [3.05, 3.63) is 78.1 Å². The molecule has 0 aliphatic rings. The predicted molar refractivity (Wildman–Crippen MR) is 93.1 cm³/mol. The van der Waals surface area contributed by atoms with Crippen LogP contribution in [0.2, 0.25) is 0 Å². The number of carbonyl (C=O) groups is 1. The van der Waals surface area contributed by atoms with Gasteiger partial charge in [0.2, 0.25) is 0 Å². The maximum absolute atomic E-state index is 12.2. The van der Waals surface area contributed by atoms with E-state index in [0.29, 0.717) is 18.8 Å². The van der Waals surface area contributed by atoms with E-state index < -0.39 is 0 Å². The normalized spacial score (nSPS) is 10.4. The topological polar surface area (TPSA) is 56.2 Å². The molecule has 3 rings (SSSR count). The van der Waals surface area contributed by atoms with Gasteiger partial charge in [0, 0.05) is 18.4 Å². The van der Waals surface area contributed by atoms with Crippen LogP contribution in [0, 0.1) is 0 Å². The van der Waals surface area contributed by atoms with Gasteiger partial charge in [-0.3, -0.25) is 9.48 Å². The second kappa shape index (κ2) is 7.46. The number of aryl methyl sites for hydroxylation is 1. The molecule has 0 aliphatic carbocycles. The quantitative estimate of drug-likeness (QED) is 0.752. The number of benzene rings is 2. The van der Waals surface area contributed by atoms with E-state index in [1.165, 1.54) is 0 Å². The lowest BCUT2D eigenvalue weighted by molar-refractivity contribution is 0.101. The van der Waals surface area contributed by atoms with E-state index in [1.807, 2.05) is 61.5 Å². The number of nitrogens with zero attached hydrogens (tertiary/aromatic N) is 2. The van der Waals surface area contributed by atoms with E-state index >= 15 is 0 Å². The molecule has 0 saturated carbocycles. The molecule has 0 saturated heterocycles. The summed E-state index contributed by atoms with van der Waals surface area (Å²) in [5.41, 5.74) is 2.38. The first-order valence-corrected chi connectivity index (χ1v) is 7.86. The standard InChI is InChI=1S/C19H19N3O2/c1-2-22-18(12-13-20-22)19(23)21-16-8-10-17(11-9-16)24-14-15-6-4-3-5-7-15/h3-13H,2,14H2,1H3,(H,21,23).